The van der Waals surface area contributed by atoms with Crippen LogP contribution in [0.1, 0.15) is 31.0 Å². The zero-order valence-electron chi connectivity index (χ0n) is 13.4. The van der Waals surface area contributed by atoms with E-state index >= 15 is 0 Å². The minimum atomic E-state index is 0.311. The van der Waals surface area contributed by atoms with Gasteiger partial charge in [-0.15, -0.1) is 0 Å². The number of ether oxygens (including phenoxy) is 1. The second kappa shape index (κ2) is 6.36. The minimum Gasteiger partial charge on any atom is -0.489 e. The number of aromatic nitrogens is 2. The number of rotatable bonds is 5. The predicted molar refractivity (Wildman–Crippen MR) is 89.1 cm³/mol. The third kappa shape index (κ3) is 3.22. The minimum absolute atomic E-state index is 0.311. The van der Waals surface area contributed by atoms with Gasteiger partial charge in [0.2, 0.25) is 0 Å². The van der Waals surface area contributed by atoms with E-state index in [0.717, 1.165) is 17.9 Å². The van der Waals surface area contributed by atoms with Gasteiger partial charge in [0.05, 0.1) is 12.2 Å². The highest BCUT2D eigenvalue weighted by molar-refractivity contribution is 5.62. The van der Waals surface area contributed by atoms with E-state index in [1.165, 1.54) is 11.1 Å². The van der Waals surface area contributed by atoms with Crippen LogP contribution >= 0.6 is 0 Å². The lowest BCUT2D eigenvalue weighted by molar-refractivity contribution is 0.332. The highest BCUT2D eigenvalue weighted by atomic mass is 16.5. The zero-order chi connectivity index (χ0) is 15.5. The molecule has 4 heteroatoms. The highest BCUT2D eigenvalue weighted by Crippen LogP contribution is 2.25. The summed E-state index contributed by atoms with van der Waals surface area (Å²) in [5.41, 5.74) is 3.63. The maximum Gasteiger partial charge on any atom is 0.127 e. The van der Waals surface area contributed by atoms with E-state index in [2.05, 4.69) is 49.5 Å². The molecule has 116 valence electrons. The Kier molecular flexibility index (Phi) is 4.29. The van der Waals surface area contributed by atoms with Crippen LogP contribution in [0.5, 0.6) is 5.75 Å². The third-order valence-electron chi connectivity index (χ3n) is 4.21. The molecule has 0 saturated carbocycles. The van der Waals surface area contributed by atoms with Crippen molar-refractivity contribution in [3.63, 3.8) is 0 Å². The first-order valence-electron chi connectivity index (χ1n) is 7.79. The van der Waals surface area contributed by atoms with Gasteiger partial charge in [-0.3, -0.25) is 4.68 Å². The van der Waals surface area contributed by atoms with Crippen LogP contribution in [0.15, 0.2) is 42.2 Å². The lowest BCUT2D eigenvalue weighted by Crippen LogP contribution is -2.36. The summed E-state index contributed by atoms with van der Waals surface area (Å²) >= 11 is 0. The zero-order valence-corrected chi connectivity index (χ0v) is 13.4. The van der Waals surface area contributed by atoms with E-state index in [-0.39, 0.29) is 0 Å². The van der Waals surface area contributed by atoms with E-state index in [0.29, 0.717) is 18.7 Å². The standard InChI is InChI=1S/C18H23N3O/c1-13-9-20-21(11-13)15(3)14(2)19-10-16-8-17-6-4-5-7-18(17)22-12-16/h4-9,11,14-15,19H,10,12H2,1-3H3. The van der Waals surface area contributed by atoms with Gasteiger partial charge in [-0.2, -0.15) is 5.10 Å². The van der Waals surface area contributed by atoms with Gasteiger partial charge < -0.3 is 10.1 Å². The first-order chi connectivity index (χ1) is 10.6. The number of aryl methyl sites for hydroxylation is 1. The average Bonchev–Trinajstić information content (AvgIpc) is 2.98. The monoisotopic (exact) mass is 297 g/mol. The Labute approximate surface area is 131 Å². The topological polar surface area (TPSA) is 39.1 Å². The van der Waals surface area contributed by atoms with Gasteiger partial charge in [0.15, 0.2) is 0 Å². The molecule has 4 nitrogen and oxygen atoms in total. The molecule has 0 aliphatic carbocycles. The summed E-state index contributed by atoms with van der Waals surface area (Å²) in [6, 6.07) is 8.79. The van der Waals surface area contributed by atoms with Crippen LogP contribution in [-0.4, -0.2) is 29.0 Å². The van der Waals surface area contributed by atoms with Gasteiger partial charge >= 0.3 is 0 Å². The molecule has 0 fully saturated rings. The Hall–Kier alpha value is -2.07. The van der Waals surface area contributed by atoms with Crippen LogP contribution in [0.4, 0.5) is 0 Å². The lowest BCUT2D eigenvalue weighted by atomic mass is 10.1. The Morgan fingerprint density at radius 2 is 2.14 bits per heavy atom. The van der Waals surface area contributed by atoms with Gasteiger partial charge in [0.25, 0.3) is 0 Å². The number of para-hydroxylation sites is 1. The van der Waals surface area contributed by atoms with Crippen LogP contribution in [0.2, 0.25) is 0 Å². The maximum absolute atomic E-state index is 5.79. The van der Waals surface area contributed by atoms with Crippen molar-refractivity contribution in [2.24, 2.45) is 0 Å². The molecule has 1 aliphatic heterocycles. The van der Waals surface area contributed by atoms with Crippen LogP contribution in [0.3, 0.4) is 0 Å². The molecule has 0 radical (unpaired) electrons. The number of hydrogen-bond acceptors (Lipinski definition) is 3. The number of hydrogen-bond donors (Lipinski definition) is 1. The molecule has 0 bridgehead atoms. The van der Waals surface area contributed by atoms with Gasteiger partial charge in [0.1, 0.15) is 12.4 Å². The van der Waals surface area contributed by atoms with Crippen molar-refractivity contribution in [1.82, 2.24) is 15.1 Å². The maximum atomic E-state index is 5.79. The summed E-state index contributed by atoms with van der Waals surface area (Å²) in [7, 11) is 0. The molecule has 1 N–H and O–H groups in total. The van der Waals surface area contributed by atoms with Crippen molar-refractivity contribution in [1.29, 1.82) is 0 Å². The van der Waals surface area contributed by atoms with Crippen molar-refractivity contribution < 1.29 is 4.74 Å². The van der Waals surface area contributed by atoms with E-state index in [9.17, 15) is 0 Å². The summed E-state index contributed by atoms with van der Waals surface area (Å²) in [6.07, 6.45) is 6.21. The fourth-order valence-electron chi connectivity index (χ4n) is 2.61. The molecular formula is C18H23N3O. The van der Waals surface area contributed by atoms with Crippen LogP contribution < -0.4 is 10.1 Å². The second-order valence-corrected chi connectivity index (χ2v) is 6.04. The molecule has 2 unspecified atom stereocenters. The van der Waals surface area contributed by atoms with Crippen LogP contribution in [0, 0.1) is 6.92 Å². The molecule has 0 amide bonds. The van der Waals surface area contributed by atoms with E-state index in [1.54, 1.807) is 0 Å². The van der Waals surface area contributed by atoms with Crippen molar-refractivity contribution in [3.05, 3.63) is 53.4 Å². The van der Waals surface area contributed by atoms with E-state index in [1.807, 2.05) is 29.1 Å². The molecule has 1 aliphatic rings. The average molecular weight is 297 g/mol. The Morgan fingerprint density at radius 3 is 2.91 bits per heavy atom. The van der Waals surface area contributed by atoms with Gasteiger partial charge in [-0.1, -0.05) is 18.2 Å². The molecule has 2 atom stereocenters. The van der Waals surface area contributed by atoms with E-state index in [4.69, 9.17) is 4.74 Å². The van der Waals surface area contributed by atoms with Crippen molar-refractivity contribution in [3.8, 4) is 5.75 Å². The molecule has 1 aromatic carbocycles. The summed E-state index contributed by atoms with van der Waals surface area (Å²) in [4.78, 5) is 0. The number of benzene rings is 1. The molecule has 0 saturated heterocycles. The lowest BCUT2D eigenvalue weighted by Gasteiger charge is -2.24. The number of nitrogens with zero attached hydrogens (tertiary/aromatic N) is 2. The first-order valence-corrected chi connectivity index (χ1v) is 7.79. The smallest absolute Gasteiger partial charge is 0.127 e. The molecular weight excluding hydrogens is 274 g/mol. The van der Waals surface area contributed by atoms with Gasteiger partial charge in [-0.05, 0) is 44.1 Å². The Balaban J connectivity index is 1.60. The molecule has 22 heavy (non-hydrogen) atoms. The summed E-state index contributed by atoms with van der Waals surface area (Å²) in [5, 5.41) is 7.98. The molecule has 2 heterocycles. The molecule has 3 rings (SSSR count). The molecule has 2 aromatic rings. The SMILES string of the molecule is Cc1cnn(C(C)C(C)NCC2=Cc3ccccc3OC2)c1. The fourth-order valence-corrected chi connectivity index (χ4v) is 2.61. The predicted octanol–water partition coefficient (Wildman–Crippen LogP) is 3.21. The quantitative estimate of drug-likeness (QED) is 0.921. The number of fused-ring (bicyclic) bond motifs is 1. The highest BCUT2D eigenvalue weighted by Gasteiger charge is 2.16. The van der Waals surface area contributed by atoms with Crippen LogP contribution in [0.25, 0.3) is 6.08 Å². The summed E-state index contributed by atoms with van der Waals surface area (Å²) < 4.78 is 7.81. The summed E-state index contributed by atoms with van der Waals surface area (Å²) in [6.45, 7) is 7.94. The largest absolute Gasteiger partial charge is 0.489 e. The van der Waals surface area contributed by atoms with Crippen molar-refractivity contribution in [2.45, 2.75) is 32.9 Å². The second-order valence-electron chi connectivity index (χ2n) is 6.04. The molecule has 0 spiro atoms. The Bertz CT molecular complexity index is 674. The van der Waals surface area contributed by atoms with Gasteiger partial charge in [0, 0.05) is 24.3 Å². The summed E-state index contributed by atoms with van der Waals surface area (Å²) in [5.74, 6) is 0.972. The molecule has 1 aromatic heterocycles. The van der Waals surface area contributed by atoms with Crippen molar-refractivity contribution in [2.75, 3.05) is 13.2 Å². The third-order valence-corrected chi connectivity index (χ3v) is 4.21. The first kappa shape index (κ1) is 14.9. The number of nitrogens with one attached hydrogen (secondary N) is 1. The van der Waals surface area contributed by atoms with Gasteiger partial charge in [-0.25, -0.2) is 0 Å². The van der Waals surface area contributed by atoms with Crippen LogP contribution in [-0.2, 0) is 0 Å². The normalized spacial score (nSPS) is 16.4. The van der Waals surface area contributed by atoms with E-state index < -0.39 is 0 Å². The Morgan fingerprint density at radius 1 is 1.32 bits per heavy atom. The van der Waals surface area contributed by atoms with Crippen molar-refractivity contribution >= 4 is 6.08 Å². The fraction of sp³-hybridized carbons (Fsp3) is 0.389.